The summed E-state index contributed by atoms with van der Waals surface area (Å²) in [5, 5.41) is 2.70. The van der Waals surface area contributed by atoms with Crippen molar-refractivity contribution in [2.75, 3.05) is 32.1 Å². The second-order valence-corrected chi connectivity index (χ2v) is 4.25. The van der Waals surface area contributed by atoms with Gasteiger partial charge in [0.2, 0.25) is 5.91 Å². The SMILES string of the molecule is CN1CC(=O)Nc2cc3c(cc2C1=O)OCCO3. The molecule has 2 heterocycles. The lowest BCUT2D eigenvalue weighted by atomic mass is 10.1. The summed E-state index contributed by atoms with van der Waals surface area (Å²) < 4.78 is 10.9. The van der Waals surface area contributed by atoms with Crippen molar-refractivity contribution in [1.29, 1.82) is 0 Å². The molecule has 0 bridgehead atoms. The second kappa shape index (κ2) is 3.90. The highest BCUT2D eigenvalue weighted by atomic mass is 16.6. The minimum absolute atomic E-state index is 0.0416. The number of fused-ring (bicyclic) bond motifs is 2. The summed E-state index contributed by atoms with van der Waals surface area (Å²) in [5.41, 5.74) is 0.895. The van der Waals surface area contributed by atoms with Crippen LogP contribution in [-0.2, 0) is 4.79 Å². The van der Waals surface area contributed by atoms with E-state index in [0.29, 0.717) is 36.0 Å². The Morgan fingerprint density at radius 3 is 2.56 bits per heavy atom. The van der Waals surface area contributed by atoms with E-state index in [1.165, 1.54) is 4.90 Å². The molecule has 94 valence electrons. The van der Waals surface area contributed by atoms with Crippen LogP contribution in [0.2, 0.25) is 0 Å². The number of ether oxygens (including phenoxy) is 2. The molecular formula is C12H12N2O4. The Morgan fingerprint density at radius 1 is 1.17 bits per heavy atom. The zero-order valence-corrected chi connectivity index (χ0v) is 9.86. The molecule has 0 unspecified atom stereocenters. The molecule has 0 spiro atoms. The lowest BCUT2D eigenvalue weighted by molar-refractivity contribution is -0.116. The molecule has 0 atom stereocenters. The Morgan fingerprint density at radius 2 is 1.83 bits per heavy atom. The standard InChI is InChI=1S/C12H12N2O4/c1-14-6-11(15)13-8-5-10-9(17-2-3-18-10)4-7(8)12(14)16/h4-5H,2-3,6H2,1H3,(H,13,15). The van der Waals surface area contributed by atoms with E-state index in [9.17, 15) is 9.59 Å². The van der Waals surface area contributed by atoms with Gasteiger partial charge in [-0.05, 0) is 6.07 Å². The number of likely N-dealkylation sites (N-methyl/N-ethyl adjacent to an activating group) is 1. The average molecular weight is 248 g/mol. The Labute approximate surface area is 103 Å². The van der Waals surface area contributed by atoms with E-state index in [1.54, 1.807) is 19.2 Å². The first-order valence-electron chi connectivity index (χ1n) is 5.64. The van der Waals surface area contributed by atoms with Gasteiger partial charge in [0.15, 0.2) is 11.5 Å². The topological polar surface area (TPSA) is 67.9 Å². The Bertz CT molecular complexity index is 541. The molecule has 0 radical (unpaired) electrons. The van der Waals surface area contributed by atoms with E-state index in [4.69, 9.17) is 9.47 Å². The van der Waals surface area contributed by atoms with Crippen molar-refractivity contribution in [2.24, 2.45) is 0 Å². The van der Waals surface area contributed by atoms with Gasteiger partial charge in [-0.3, -0.25) is 9.59 Å². The number of carbonyl (C=O) groups is 2. The molecule has 0 saturated carbocycles. The summed E-state index contributed by atoms with van der Waals surface area (Å²) in [6.07, 6.45) is 0. The van der Waals surface area contributed by atoms with Crippen LogP contribution in [0.1, 0.15) is 10.4 Å². The molecule has 6 heteroatoms. The summed E-state index contributed by atoms with van der Waals surface area (Å²) in [5.74, 6) is 0.664. The molecular weight excluding hydrogens is 236 g/mol. The predicted molar refractivity (Wildman–Crippen MR) is 63.0 cm³/mol. The number of anilines is 1. The van der Waals surface area contributed by atoms with E-state index < -0.39 is 0 Å². The van der Waals surface area contributed by atoms with Crippen molar-refractivity contribution < 1.29 is 19.1 Å². The number of benzene rings is 1. The number of nitrogens with zero attached hydrogens (tertiary/aromatic N) is 1. The lowest BCUT2D eigenvalue weighted by Crippen LogP contribution is -2.31. The quantitative estimate of drug-likeness (QED) is 0.725. The molecule has 1 aromatic carbocycles. The normalized spacial score (nSPS) is 17.9. The highest BCUT2D eigenvalue weighted by Crippen LogP contribution is 2.36. The Balaban J connectivity index is 2.12. The zero-order valence-electron chi connectivity index (χ0n) is 9.86. The van der Waals surface area contributed by atoms with Gasteiger partial charge in [0.1, 0.15) is 13.2 Å². The van der Waals surface area contributed by atoms with Crippen LogP contribution in [0.3, 0.4) is 0 Å². The van der Waals surface area contributed by atoms with Crippen LogP contribution in [0.15, 0.2) is 12.1 Å². The number of hydrogen-bond donors (Lipinski definition) is 1. The summed E-state index contributed by atoms with van der Waals surface area (Å²) >= 11 is 0. The van der Waals surface area contributed by atoms with E-state index in [-0.39, 0.29) is 18.4 Å². The monoisotopic (exact) mass is 248 g/mol. The van der Waals surface area contributed by atoms with Crippen LogP contribution in [0.25, 0.3) is 0 Å². The van der Waals surface area contributed by atoms with Gasteiger partial charge in [-0.25, -0.2) is 0 Å². The predicted octanol–water partition coefficient (Wildman–Crippen LogP) is 0.482. The molecule has 0 fully saturated rings. The second-order valence-electron chi connectivity index (χ2n) is 4.25. The van der Waals surface area contributed by atoms with Crippen molar-refractivity contribution in [3.8, 4) is 11.5 Å². The fourth-order valence-corrected chi connectivity index (χ4v) is 2.05. The third-order valence-electron chi connectivity index (χ3n) is 2.91. The highest BCUT2D eigenvalue weighted by Gasteiger charge is 2.26. The summed E-state index contributed by atoms with van der Waals surface area (Å²) in [4.78, 5) is 25.1. The van der Waals surface area contributed by atoms with Crippen molar-refractivity contribution in [3.05, 3.63) is 17.7 Å². The molecule has 18 heavy (non-hydrogen) atoms. The van der Waals surface area contributed by atoms with Gasteiger partial charge in [-0.1, -0.05) is 0 Å². The fraction of sp³-hybridized carbons (Fsp3) is 0.333. The molecule has 1 aromatic rings. The van der Waals surface area contributed by atoms with Gasteiger partial charge < -0.3 is 19.7 Å². The molecule has 0 saturated heterocycles. The number of hydrogen-bond acceptors (Lipinski definition) is 4. The minimum atomic E-state index is -0.221. The smallest absolute Gasteiger partial charge is 0.256 e. The lowest BCUT2D eigenvalue weighted by Gasteiger charge is -2.20. The van der Waals surface area contributed by atoms with Crippen molar-refractivity contribution >= 4 is 17.5 Å². The Hall–Kier alpha value is -2.24. The molecule has 1 N–H and O–H groups in total. The highest BCUT2D eigenvalue weighted by molar-refractivity contribution is 6.09. The fourth-order valence-electron chi connectivity index (χ4n) is 2.05. The van der Waals surface area contributed by atoms with Crippen molar-refractivity contribution in [1.82, 2.24) is 4.90 Å². The average Bonchev–Trinajstić information content (AvgIpc) is 2.45. The van der Waals surface area contributed by atoms with Gasteiger partial charge in [0.25, 0.3) is 5.91 Å². The van der Waals surface area contributed by atoms with E-state index >= 15 is 0 Å². The van der Waals surface area contributed by atoms with Gasteiger partial charge in [-0.15, -0.1) is 0 Å². The van der Waals surface area contributed by atoms with Crippen molar-refractivity contribution in [2.45, 2.75) is 0 Å². The summed E-state index contributed by atoms with van der Waals surface area (Å²) in [7, 11) is 1.59. The van der Waals surface area contributed by atoms with Crippen LogP contribution in [0, 0.1) is 0 Å². The molecule has 2 aliphatic heterocycles. The van der Waals surface area contributed by atoms with E-state index in [0.717, 1.165) is 0 Å². The number of rotatable bonds is 0. The molecule has 6 nitrogen and oxygen atoms in total. The molecule has 3 rings (SSSR count). The molecule has 0 aromatic heterocycles. The maximum Gasteiger partial charge on any atom is 0.256 e. The van der Waals surface area contributed by atoms with Crippen LogP contribution >= 0.6 is 0 Å². The van der Waals surface area contributed by atoms with Crippen molar-refractivity contribution in [3.63, 3.8) is 0 Å². The van der Waals surface area contributed by atoms with Gasteiger partial charge in [-0.2, -0.15) is 0 Å². The maximum absolute atomic E-state index is 12.1. The number of nitrogens with one attached hydrogen (secondary N) is 1. The molecule has 0 aliphatic carbocycles. The molecule has 2 aliphatic rings. The number of carbonyl (C=O) groups excluding carboxylic acids is 2. The first-order valence-corrected chi connectivity index (χ1v) is 5.64. The van der Waals surface area contributed by atoms with Crippen LogP contribution in [0.4, 0.5) is 5.69 Å². The largest absolute Gasteiger partial charge is 0.486 e. The summed E-state index contributed by atoms with van der Waals surface area (Å²) in [6.45, 7) is 0.968. The van der Waals surface area contributed by atoms with Gasteiger partial charge in [0, 0.05) is 13.1 Å². The first-order chi connectivity index (χ1) is 8.65. The van der Waals surface area contributed by atoms with Crippen LogP contribution < -0.4 is 14.8 Å². The third-order valence-corrected chi connectivity index (χ3v) is 2.91. The van der Waals surface area contributed by atoms with Gasteiger partial charge in [0.05, 0.1) is 17.8 Å². The third kappa shape index (κ3) is 1.66. The summed E-state index contributed by atoms with van der Waals surface area (Å²) in [6, 6.07) is 3.26. The molecule has 2 amide bonds. The first kappa shape index (κ1) is 10.9. The Kier molecular flexibility index (Phi) is 2.36. The van der Waals surface area contributed by atoms with Crippen LogP contribution in [0.5, 0.6) is 11.5 Å². The van der Waals surface area contributed by atoms with E-state index in [1.807, 2.05) is 0 Å². The van der Waals surface area contributed by atoms with E-state index in [2.05, 4.69) is 5.32 Å². The van der Waals surface area contributed by atoms with Crippen LogP contribution in [-0.4, -0.2) is 43.5 Å². The number of amides is 2. The van der Waals surface area contributed by atoms with Gasteiger partial charge >= 0.3 is 0 Å². The zero-order chi connectivity index (χ0) is 12.7. The minimum Gasteiger partial charge on any atom is -0.486 e. The maximum atomic E-state index is 12.1.